The molecule has 1 heterocycles. The molecule has 0 spiro atoms. The van der Waals surface area contributed by atoms with E-state index >= 15 is 0 Å². The molecule has 0 amide bonds. The lowest BCUT2D eigenvalue weighted by molar-refractivity contribution is -0.136. The van der Waals surface area contributed by atoms with Gasteiger partial charge in [0.2, 0.25) is 0 Å². The van der Waals surface area contributed by atoms with Gasteiger partial charge in [0.1, 0.15) is 23.7 Å². The van der Waals surface area contributed by atoms with Gasteiger partial charge in [-0.1, -0.05) is 29.8 Å². The van der Waals surface area contributed by atoms with Gasteiger partial charge < -0.3 is 14.6 Å². The van der Waals surface area contributed by atoms with Gasteiger partial charge in [-0.05, 0) is 49.6 Å². The minimum atomic E-state index is -0.821. The normalized spacial score (nSPS) is 14.7. The molecule has 2 aromatic carbocycles. The number of carbonyl (C=O) groups is 1. The number of halogens is 1. The fraction of sp³-hybridized carbons (Fsp3) is 0.350. The van der Waals surface area contributed by atoms with Gasteiger partial charge in [0.05, 0.1) is 0 Å². The molecule has 3 rings (SSSR count). The molecular weight excluding hydrogens is 340 g/mol. The number of hydrogen-bond acceptors (Lipinski definition) is 3. The van der Waals surface area contributed by atoms with Gasteiger partial charge in [-0.3, -0.25) is 4.79 Å². The first kappa shape index (κ1) is 17.6. The zero-order chi connectivity index (χ0) is 18.0. The Hall–Kier alpha value is -2.20. The van der Waals surface area contributed by atoms with Crippen molar-refractivity contribution in [1.82, 2.24) is 0 Å². The second kappa shape index (κ2) is 6.96. The summed E-state index contributed by atoms with van der Waals surface area (Å²) in [5.74, 6) is 0.713. The summed E-state index contributed by atoms with van der Waals surface area (Å²) < 4.78 is 12.0. The number of aryl methyl sites for hydroxylation is 1. The molecule has 0 aliphatic carbocycles. The molecule has 0 aromatic heterocycles. The third kappa shape index (κ3) is 4.26. The quantitative estimate of drug-likeness (QED) is 0.814. The van der Waals surface area contributed by atoms with Gasteiger partial charge in [-0.2, -0.15) is 0 Å². The smallest absolute Gasteiger partial charge is 0.303 e. The molecule has 132 valence electrons. The van der Waals surface area contributed by atoms with Crippen molar-refractivity contribution in [2.45, 2.75) is 45.3 Å². The molecule has 0 fully saturated rings. The number of fused-ring (bicyclic) bond motifs is 1. The number of carboxylic acids is 1. The summed E-state index contributed by atoms with van der Waals surface area (Å²) in [7, 11) is 0. The van der Waals surface area contributed by atoms with E-state index in [-0.39, 0.29) is 12.0 Å². The van der Waals surface area contributed by atoms with Gasteiger partial charge in [-0.25, -0.2) is 0 Å². The van der Waals surface area contributed by atoms with Crippen LogP contribution in [0.5, 0.6) is 11.5 Å². The van der Waals surface area contributed by atoms with Gasteiger partial charge in [0.15, 0.2) is 0 Å². The third-order valence-corrected chi connectivity index (χ3v) is 4.38. The van der Waals surface area contributed by atoms with Crippen LogP contribution < -0.4 is 9.47 Å². The summed E-state index contributed by atoms with van der Waals surface area (Å²) in [6.07, 6.45) is 1.32. The first-order chi connectivity index (χ1) is 11.8. The number of para-hydroxylation sites is 1. The lowest BCUT2D eigenvalue weighted by Crippen LogP contribution is -2.25. The van der Waals surface area contributed by atoms with Crippen molar-refractivity contribution < 1.29 is 19.4 Å². The highest BCUT2D eigenvalue weighted by Crippen LogP contribution is 2.40. The first-order valence-corrected chi connectivity index (χ1v) is 8.65. The summed E-state index contributed by atoms with van der Waals surface area (Å²) >= 11 is 6.24. The predicted octanol–water partition coefficient (Wildman–Crippen LogP) is 4.65. The maximum Gasteiger partial charge on any atom is 0.303 e. The molecule has 0 unspecified atom stereocenters. The third-order valence-electron chi connectivity index (χ3n) is 4.17. The number of carboxylic acid groups (broad SMARTS) is 1. The highest BCUT2D eigenvalue weighted by atomic mass is 35.5. The van der Waals surface area contributed by atoms with Gasteiger partial charge in [0.25, 0.3) is 0 Å². The van der Waals surface area contributed by atoms with E-state index in [4.69, 9.17) is 26.2 Å². The van der Waals surface area contributed by atoms with E-state index < -0.39 is 5.97 Å². The Kier molecular flexibility index (Phi) is 4.91. The molecule has 4 nitrogen and oxygen atoms in total. The minimum Gasteiger partial charge on any atom is -0.488 e. The van der Waals surface area contributed by atoms with Crippen molar-refractivity contribution in [2.24, 2.45) is 0 Å². The molecule has 25 heavy (non-hydrogen) atoms. The van der Waals surface area contributed by atoms with Crippen molar-refractivity contribution in [3.63, 3.8) is 0 Å². The number of aliphatic carboxylic acids is 1. The van der Waals surface area contributed by atoms with Crippen LogP contribution in [0.4, 0.5) is 0 Å². The van der Waals surface area contributed by atoms with Crippen molar-refractivity contribution in [1.29, 1.82) is 0 Å². The number of ether oxygens (including phenoxy) is 2. The van der Waals surface area contributed by atoms with Crippen LogP contribution in [0, 0.1) is 0 Å². The van der Waals surface area contributed by atoms with Crippen LogP contribution in [0.3, 0.4) is 0 Å². The Bertz CT molecular complexity index is 798. The van der Waals surface area contributed by atoms with E-state index in [1.54, 1.807) is 0 Å². The SMILES string of the molecule is CC1(C)Cc2cc(Cl)cc(COc3ccccc3CCC(=O)O)c2O1. The summed E-state index contributed by atoms with van der Waals surface area (Å²) in [5, 5.41) is 9.55. The number of hydrogen-bond donors (Lipinski definition) is 1. The molecule has 0 atom stereocenters. The van der Waals surface area contributed by atoms with E-state index in [0.29, 0.717) is 23.8 Å². The van der Waals surface area contributed by atoms with Crippen molar-refractivity contribution in [2.75, 3.05) is 0 Å². The summed E-state index contributed by atoms with van der Waals surface area (Å²) in [5.41, 5.74) is 2.63. The van der Waals surface area contributed by atoms with Crippen molar-refractivity contribution >= 4 is 17.6 Å². The Morgan fingerprint density at radius 2 is 2.04 bits per heavy atom. The van der Waals surface area contributed by atoms with Crippen LogP contribution in [-0.2, 0) is 24.2 Å². The van der Waals surface area contributed by atoms with E-state index in [0.717, 1.165) is 28.9 Å². The molecule has 0 saturated heterocycles. The minimum absolute atomic E-state index is 0.0736. The average molecular weight is 361 g/mol. The Labute approximate surface area is 152 Å². The van der Waals surface area contributed by atoms with E-state index in [2.05, 4.69) is 0 Å². The lowest BCUT2D eigenvalue weighted by atomic mass is 10.0. The molecule has 5 heteroatoms. The Balaban J connectivity index is 1.79. The number of benzene rings is 2. The largest absolute Gasteiger partial charge is 0.488 e. The monoisotopic (exact) mass is 360 g/mol. The highest BCUT2D eigenvalue weighted by Gasteiger charge is 2.32. The fourth-order valence-electron chi connectivity index (χ4n) is 3.10. The Morgan fingerprint density at radius 1 is 1.28 bits per heavy atom. The zero-order valence-electron chi connectivity index (χ0n) is 14.3. The maximum absolute atomic E-state index is 10.8. The van der Waals surface area contributed by atoms with E-state index in [1.165, 1.54) is 0 Å². The molecule has 1 N–H and O–H groups in total. The van der Waals surface area contributed by atoms with Crippen LogP contribution in [0.2, 0.25) is 5.02 Å². The van der Waals surface area contributed by atoms with E-state index in [9.17, 15) is 4.79 Å². The molecule has 0 bridgehead atoms. The molecular formula is C20H21ClO4. The van der Waals surface area contributed by atoms with Gasteiger partial charge >= 0.3 is 5.97 Å². The molecule has 0 radical (unpaired) electrons. The predicted molar refractivity (Wildman–Crippen MR) is 96.6 cm³/mol. The van der Waals surface area contributed by atoms with Crippen LogP contribution in [-0.4, -0.2) is 16.7 Å². The molecule has 1 aliphatic rings. The Morgan fingerprint density at radius 3 is 2.80 bits per heavy atom. The number of rotatable bonds is 6. The molecule has 2 aromatic rings. The maximum atomic E-state index is 10.8. The molecule has 0 saturated carbocycles. The summed E-state index contributed by atoms with van der Waals surface area (Å²) in [6, 6.07) is 11.3. The van der Waals surface area contributed by atoms with Gasteiger partial charge in [-0.15, -0.1) is 0 Å². The van der Waals surface area contributed by atoms with Crippen LogP contribution in [0.1, 0.15) is 37.0 Å². The van der Waals surface area contributed by atoms with Crippen molar-refractivity contribution in [3.05, 3.63) is 58.1 Å². The molecule has 1 aliphatic heterocycles. The zero-order valence-corrected chi connectivity index (χ0v) is 15.1. The first-order valence-electron chi connectivity index (χ1n) is 8.27. The average Bonchev–Trinajstić information content (AvgIpc) is 2.85. The van der Waals surface area contributed by atoms with Crippen LogP contribution in [0.15, 0.2) is 36.4 Å². The van der Waals surface area contributed by atoms with Crippen molar-refractivity contribution in [3.8, 4) is 11.5 Å². The van der Waals surface area contributed by atoms with E-state index in [1.807, 2.05) is 50.2 Å². The standard InChI is InChI=1S/C20H21ClO4/c1-20(2)11-14-9-16(21)10-15(19(14)25-20)12-24-17-6-4-3-5-13(17)7-8-18(22)23/h3-6,9-10H,7-8,11-12H2,1-2H3,(H,22,23). The topological polar surface area (TPSA) is 55.8 Å². The second-order valence-corrected chi connectivity index (χ2v) is 7.32. The highest BCUT2D eigenvalue weighted by molar-refractivity contribution is 6.30. The van der Waals surface area contributed by atoms with Crippen LogP contribution in [0.25, 0.3) is 0 Å². The van der Waals surface area contributed by atoms with Gasteiger partial charge in [0, 0.05) is 23.4 Å². The lowest BCUT2D eigenvalue weighted by Gasteiger charge is -2.18. The summed E-state index contributed by atoms with van der Waals surface area (Å²) in [4.78, 5) is 10.8. The fourth-order valence-corrected chi connectivity index (χ4v) is 3.36. The summed E-state index contributed by atoms with van der Waals surface area (Å²) in [6.45, 7) is 4.42. The second-order valence-electron chi connectivity index (χ2n) is 6.88. The van der Waals surface area contributed by atoms with Crippen LogP contribution >= 0.6 is 11.6 Å².